The van der Waals surface area contributed by atoms with Crippen LogP contribution >= 0.6 is 0 Å². The van der Waals surface area contributed by atoms with E-state index in [9.17, 15) is 0 Å². The first-order valence-corrected chi connectivity index (χ1v) is 6.28. The molecule has 0 aromatic heterocycles. The smallest absolute Gasteiger partial charge is 0.0779 e. The first-order chi connectivity index (χ1) is 7.29. The lowest BCUT2D eigenvalue weighted by Gasteiger charge is -2.25. The molecule has 1 N–H and O–H groups in total. The number of rotatable bonds is 4. The zero-order valence-electron chi connectivity index (χ0n) is 9.80. The zero-order valence-corrected chi connectivity index (χ0v) is 9.80. The fourth-order valence-electron chi connectivity index (χ4n) is 2.56. The summed E-state index contributed by atoms with van der Waals surface area (Å²) in [6.07, 6.45) is 10.9. The van der Waals surface area contributed by atoms with E-state index in [-0.39, 0.29) is 5.60 Å². The Morgan fingerprint density at radius 1 is 1.47 bits per heavy atom. The molecule has 0 spiro atoms. The molecule has 15 heavy (non-hydrogen) atoms. The molecule has 0 aromatic carbocycles. The number of nitrogens with one attached hydrogen (secondary N) is 1. The van der Waals surface area contributed by atoms with E-state index in [4.69, 9.17) is 4.74 Å². The van der Waals surface area contributed by atoms with E-state index < -0.39 is 0 Å². The van der Waals surface area contributed by atoms with Gasteiger partial charge in [-0.1, -0.05) is 12.2 Å². The molecule has 2 unspecified atom stereocenters. The van der Waals surface area contributed by atoms with Crippen LogP contribution in [0.25, 0.3) is 0 Å². The Morgan fingerprint density at radius 3 is 3.07 bits per heavy atom. The summed E-state index contributed by atoms with van der Waals surface area (Å²) in [7, 11) is 0. The Balaban J connectivity index is 1.63. The first kappa shape index (κ1) is 11.2. The second-order valence-electron chi connectivity index (χ2n) is 5.18. The Hall–Kier alpha value is -0.340. The SMILES string of the molecule is CC1(CNCC2CC=CCC2)CCCO1. The van der Waals surface area contributed by atoms with Crippen LogP contribution in [0.4, 0.5) is 0 Å². The summed E-state index contributed by atoms with van der Waals surface area (Å²) >= 11 is 0. The molecule has 0 saturated carbocycles. The third-order valence-corrected chi connectivity index (χ3v) is 3.61. The Bertz CT molecular complexity index is 219. The van der Waals surface area contributed by atoms with E-state index in [1.54, 1.807) is 0 Å². The zero-order chi connectivity index (χ0) is 10.6. The minimum absolute atomic E-state index is 0.116. The van der Waals surface area contributed by atoms with E-state index in [2.05, 4.69) is 24.4 Å². The highest BCUT2D eigenvalue weighted by Crippen LogP contribution is 2.24. The van der Waals surface area contributed by atoms with Gasteiger partial charge >= 0.3 is 0 Å². The van der Waals surface area contributed by atoms with Crippen molar-refractivity contribution < 1.29 is 4.74 Å². The van der Waals surface area contributed by atoms with Crippen LogP contribution in [0.1, 0.15) is 39.0 Å². The highest BCUT2D eigenvalue weighted by Gasteiger charge is 2.29. The maximum Gasteiger partial charge on any atom is 0.0779 e. The molecule has 1 fully saturated rings. The summed E-state index contributed by atoms with van der Waals surface area (Å²) in [4.78, 5) is 0. The van der Waals surface area contributed by atoms with Crippen molar-refractivity contribution in [1.29, 1.82) is 0 Å². The van der Waals surface area contributed by atoms with Gasteiger partial charge in [-0.25, -0.2) is 0 Å². The number of hydrogen-bond donors (Lipinski definition) is 1. The van der Waals surface area contributed by atoms with Crippen molar-refractivity contribution in [3.63, 3.8) is 0 Å². The molecule has 1 aliphatic carbocycles. The average molecular weight is 209 g/mol. The highest BCUT2D eigenvalue weighted by atomic mass is 16.5. The Kier molecular flexibility index (Phi) is 3.81. The van der Waals surface area contributed by atoms with E-state index in [0.717, 1.165) is 25.6 Å². The number of hydrogen-bond acceptors (Lipinski definition) is 2. The highest BCUT2D eigenvalue weighted by molar-refractivity contribution is 4.91. The summed E-state index contributed by atoms with van der Waals surface area (Å²) in [6, 6.07) is 0. The van der Waals surface area contributed by atoms with Crippen molar-refractivity contribution in [3.05, 3.63) is 12.2 Å². The van der Waals surface area contributed by atoms with Crippen molar-refractivity contribution in [2.75, 3.05) is 19.7 Å². The number of ether oxygens (including phenoxy) is 1. The van der Waals surface area contributed by atoms with Crippen LogP contribution in [0.3, 0.4) is 0 Å². The molecule has 0 aromatic rings. The lowest BCUT2D eigenvalue weighted by Crippen LogP contribution is -2.39. The normalized spacial score (nSPS) is 35.9. The summed E-state index contributed by atoms with van der Waals surface area (Å²) in [6.45, 7) is 5.36. The molecule has 0 amide bonds. The van der Waals surface area contributed by atoms with Crippen molar-refractivity contribution in [2.24, 2.45) is 5.92 Å². The fraction of sp³-hybridized carbons (Fsp3) is 0.846. The minimum atomic E-state index is 0.116. The standard InChI is InChI=1S/C13H23NO/c1-13(8-5-9-15-13)11-14-10-12-6-3-2-4-7-12/h2-3,12,14H,4-11H2,1H3. The third-order valence-electron chi connectivity index (χ3n) is 3.61. The summed E-state index contributed by atoms with van der Waals surface area (Å²) < 4.78 is 5.75. The molecule has 86 valence electrons. The molecule has 1 aliphatic heterocycles. The van der Waals surface area contributed by atoms with Crippen LogP contribution in [0, 0.1) is 5.92 Å². The van der Waals surface area contributed by atoms with E-state index in [1.165, 1.54) is 32.1 Å². The monoisotopic (exact) mass is 209 g/mol. The predicted octanol–water partition coefficient (Wildman–Crippen LogP) is 2.50. The second kappa shape index (κ2) is 5.13. The topological polar surface area (TPSA) is 21.3 Å². The number of allylic oxidation sites excluding steroid dienone is 2. The largest absolute Gasteiger partial charge is 0.374 e. The van der Waals surface area contributed by atoms with Gasteiger partial charge in [-0.3, -0.25) is 0 Å². The molecule has 0 radical (unpaired) electrons. The van der Waals surface area contributed by atoms with Gasteiger partial charge in [-0.05, 0) is 51.5 Å². The summed E-state index contributed by atoms with van der Waals surface area (Å²) in [5, 5.41) is 3.58. The van der Waals surface area contributed by atoms with E-state index in [0.29, 0.717) is 0 Å². The van der Waals surface area contributed by atoms with Gasteiger partial charge in [0.15, 0.2) is 0 Å². The van der Waals surface area contributed by atoms with Crippen LogP contribution < -0.4 is 5.32 Å². The van der Waals surface area contributed by atoms with E-state index >= 15 is 0 Å². The lowest BCUT2D eigenvalue weighted by atomic mass is 9.94. The van der Waals surface area contributed by atoms with Gasteiger partial charge in [0.1, 0.15) is 0 Å². The molecule has 2 nitrogen and oxygen atoms in total. The maximum atomic E-state index is 5.75. The fourth-order valence-corrected chi connectivity index (χ4v) is 2.56. The van der Waals surface area contributed by atoms with Crippen molar-refractivity contribution in [3.8, 4) is 0 Å². The molecule has 2 rings (SSSR count). The van der Waals surface area contributed by atoms with Gasteiger partial charge < -0.3 is 10.1 Å². The first-order valence-electron chi connectivity index (χ1n) is 6.28. The van der Waals surface area contributed by atoms with Gasteiger partial charge in [-0.15, -0.1) is 0 Å². The van der Waals surface area contributed by atoms with Gasteiger partial charge in [0.25, 0.3) is 0 Å². The molecule has 2 aliphatic rings. The van der Waals surface area contributed by atoms with Crippen molar-refractivity contribution in [2.45, 2.75) is 44.6 Å². The second-order valence-corrected chi connectivity index (χ2v) is 5.18. The molecule has 2 atom stereocenters. The molecular formula is C13H23NO. The van der Waals surface area contributed by atoms with Gasteiger partial charge in [-0.2, -0.15) is 0 Å². The van der Waals surface area contributed by atoms with Gasteiger partial charge in [0, 0.05) is 13.2 Å². The summed E-state index contributed by atoms with van der Waals surface area (Å²) in [5.41, 5.74) is 0.116. The van der Waals surface area contributed by atoms with Crippen LogP contribution in [-0.2, 0) is 4.74 Å². The predicted molar refractivity (Wildman–Crippen MR) is 62.9 cm³/mol. The Labute approximate surface area is 93.1 Å². The van der Waals surface area contributed by atoms with Crippen LogP contribution in [0.5, 0.6) is 0 Å². The molecule has 0 bridgehead atoms. The quantitative estimate of drug-likeness (QED) is 0.718. The molecular weight excluding hydrogens is 186 g/mol. The third kappa shape index (κ3) is 3.32. The average Bonchev–Trinajstić information content (AvgIpc) is 2.67. The van der Waals surface area contributed by atoms with Crippen LogP contribution in [0.15, 0.2) is 12.2 Å². The maximum absolute atomic E-state index is 5.75. The van der Waals surface area contributed by atoms with Crippen molar-refractivity contribution in [1.82, 2.24) is 5.32 Å². The van der Waals surface area contributed by atoms with Crippen LogP contribution in [0.2, 0.25) is 0 Å². The molecule has 2 heteroatoms. The van der Waals surface area contributed by atoms with Gasteiger partial charge in [0.05, 0.1) is 5.60 Å². The Morgan fingerprint density at radius 2 is 2.40 bits per heavy atom. The van der Waals surface area contributed by atoms with Crippen molar-refractivity contribution >= 4 is 0 Å². The lowest BCUT2D eigenvalue weighted by molar-refractivity contribution is 0.0202. The molecule has 1 saturated heterocycles. The minimum Gasteiger partial charge on any atom is -0.374 e. The van der Waals surface area contributed by atoms with Crippen LogP contribution in [-0.4, -0.2) is 25.3 Å². The summed E-state index contributed by atoms with van der Waals surface area (Å²) in [5.74, 6) is 0.847. The van der Waals surface area contributed by atoms with E-state index in [1.807, 2.05) is 0 Å². The molecule has 1 heterocycles. The van der Waals surface area contributed by atoms with Gasteiger partial charge in [0.2, 0.25) is 0 Å².